The highest BCUT2D eigenvalue weighted by molar-refractivity contribution is 7.80. The minimum absolute atomic E-state index is 0.0808. The second kappa shape index (κ2) is 6.30. The number of hydrogen-bond donors (Lipinski definition) is 3. The van der Waals surface area contributed by atoms with Crippen molar-refractivity contribution < 1.29 is 4.79 Å². The van der Waals surface area contributed by atoms with Gasteiger partial charge in [0.2, 0.25) is 5.91 Å². The highest BCUT2D eigenvalue weighted by Gasteiger charge is 2.15. The summed E-state index contributed by atoms with van der Waals surface area (Å²) in [5.74, 6) is -0.0808. The van der Waals surface area contributed by atoms with E-state index in [9.17, 15) is 4.79 Å². The van der Waals surface area contributed by atoms with Gasteiger partial charge in [0.05, 0.1) is 11.9 Å². The van der Waals surface area contributed by atoms with Crippen LogP contribution in [0, 0.1) is 0 Å². The number of amides is 1. The van der Waals surface area contributed by atoms with Gasteiger partial charge in [-0.1, -0.05) is 12.2 Å². The van der Waals surface area contributed by atoms with Gasteiger partial charge in [0.1, 0.15) is 11.0 Å². The number of thiocarbonyl (C=S) groups is 1. The number of hydrogen-bond acceptors (Lipinski definition) is 4. The first-order valence-corrected chi connectivity index (χ1v) is 6.13. The zero-order chi connectivity index (χ0) is 13.7. The number of pyridine rings is 1. The SMILES string of the molecule is CC(C)NC(=O)C(C)Nc1cnccc1C(N)=S. The van der Waals surface area contributed by atoms with E-state index in [2.05, 4.69) is 15.6 Å². The molecular weight excluding hydrogens is 248 g/mol. The van der Waals surface area contributed by atoms with Crippen molar-refractivity contribution in [1.82, 2.24) is 10.3 Å². The molecule has 0 radical (unpaired) electrons. The van der Waals surface area contributed by atoms with E-state index in [0.717, 1.165) is 0 Å². The monoisotopic (exact) mass is 266 g/mol. The maximum atomic E-state index is 11.8. The molecule has 1 rings (SSSR count). The van der Waals surface area contributed by atoms with Crippen molar-refractivity contribution in [3.63, 3.8) is 0 Å². The zero-order valence-electron chi connectivity index (χ0n) is 10.7. The van der Waals surface area contributed by atoms with E-state index in [1.165, 1.54) is 0 Å². The van der Waals surface area contributed by atoms with Gasteiger partial charge in [0.15, 0.2) is 0 Å². The molecule has 0 spiro atoms. The Bertz CT molecular complexity index is 447. The van der Waals surface area contributed by atoms with E-state index in [4.69, 9.17) is 18.0 Å². The number of rotatable bonds is 5. The molecule has 0 aliphatic heterocycles. The number of nitrogens with two attached hydrogens (primary N) is 1. The van der Waals surface area contributed by atoms with E-state index in [-0.39, 0.29) is 23.0 Å². The maximum Gasteiger partial charge on any atom is 0.242 e. The Morgan fingerprint density at radius 2 is 2.11 bits per heavy atom. The minimum Gasteiger partial charge on any atom is -0.389 e. The molecule has 6 heteroatoms. The third kappa shape index (κ3) is 3.96. The molecule has 5 nitrogen and oxygen atoms in total. The molecule has 0 bridgehead atoms. The van der Waals surface area contributed by atoms with Gasteiger partial charge < -0.3 is 16.4 Å². The molecule has 98 valence electrons. The molecule has 1 unspecified atom stereocenters. The Hall–Kier alpha value is -1.69. The molecule has 0 aliphatic rings. The van der Waals surface area contributed by atoms with Crippen molar-refractivity contribution in [3.05, 3.63) is 24.0 Å². The Kier molecular flexibility index (Phi) is 5.03. The van der Waals surface area contributed by atoms with Crippen LogP contribution in [0.2, 0.25) is 0 Å². The smallest absolute Gasteiger partial charge is 0.242 e. The van der Waals surface area contributed by atoms with Crippen LogP contribution in [-0.2, 0) is 4.79 Å². The molecule has 0 saturated carbocycles. The number of anilines is 1. The Morgan fingerprint density at radius 3 is 2.67 bits per heavy atom. The lowest BCUT2D eigenvalue weighted by Gasteiger charge is -2.18. The average molecular weight is 266 g/mol. The average Bonchev–Trinajstić information content (AvgIpc) is 2.28. The molecule has 0 fully saturated rings. The third-order valence-corrected chi connectivity index (χ3v) is 2.50. The van der Waals surface area contributed by atoms with Crippen LogP contribution in [0.1, 0.15) is 26.3 Å². The van der Waals surface area contributed by atoms with Gasteiger partial charge in [-0.15, -0.1) is 0 Å². The lowest BCUT2D eigenvalue weighted by Crippen LogP contribution is -2.41. The number of carbonyl (C=O) groups is 1. The molecule has 1 atom stereocenters. The Labute approximate surface area is 112 Å². The first kappa shape index (κ1) is 14.4. The van der Waals surface area contributed by atoms with Crippen LogP contribution in [-0.4, -0.2) is 28.0 Å². The largest absolute Gasteiger partial charge is 0.389 e. The first-order valence-electron chi connectivity index (χ1n) is 5.72. The minimum atomic E-state index is -0.385. The molecule has 0 aliphatic carbocycles. The Morgan fingerprint density at radius 1 is 1.44 bits per heavy atom. The van der Waals surface area contributed by atoms with Gasteiger partial charge in [0.25, 0.3) is 0 Å². The summed E-state index contributed by atoms with van der Waals surface area (Å²) in [6.45, 7) is 5.60. The van der Waals surface area contributed by atoms with Crippen molar-refractivity contribution >= 4 is 28.8 Å². The number of aromatic nitrogens is 1. The van der Waals surface area contributed by atoms with Gasteiger partial charge in [-0.2, -0.15) is 0 Å². The highest BCUT2D eigenvalue weighted by Crippen LogP contribution is 2.14. The molecular formula is C12H18N4OS. The van der Waals surface area contributed by atoms with Crippen LogP contribution in [0.5, 0.6) is 0 Å². The van der Waals surface area contributed by atoms with E-state index in [1.54, 1.807) is 25.4 Å². The standard InChI is InChI=1S/C12H18N4OS/c1-7(2)15-12(17)8(3)16-10-6-14-5-4-9(10)11(13)18/h4-8,16H,1-3H3,(H2,13,18)(H,15,17). The summed E-state index contributed by atoms with van der Waals surface area (Å²) in [6.07, 6.45) is 3.21. The van der Waals surface area contributed by atoms with Crippen LogP contribution in [0.3, 0.4) is 0 Å². The van der Waals surface area contributed by atoms with Crippen LogP contribution >= 0.6 is 12.2 Å². The second-order valence-corrected chi connectivity index (χ2v) is 4.75. The first-order chi connectivity index (χ1) is 8.41. The Balaban J connectivity index is 2.78. The summed E-state index contributed by atoms with van der Waals surface area (Å²) >= 11 is 4.95. The summed E-state index contributed by atoms with van der Waals surface area (Å²) in [6, 6.07) is 1.44. The van der Waals surface area contributed by atoms with Gasteiger partial charge in [-0.3, -0.25) is 9.78 Å². The summed E-state index contributed by atoms with van der Waals surface area (Å²) in [5.41, 5.74) is 6.96. The lowest BCUT2D eigenvalue weighted by atomic mass is 10.2. The van der Waals surface area contributed by atoms with Gasteiger partial charge in [0, 0.05) is 17.8 Å². The quantitative estimate of drug-likeness (QED) is 0.694. The third-order valence-electron chi connectivity index (χ3n) is 2.28. The van der Waals surface area contributed by atoms with Crippen molar-refractivity contribution in [2.24, 2.45) is 5.73 Å². The van der Waals surface area contributed by atoms with E-state index < -0.39 is 0 Å². The van der Waals surface area contributed by atoms with Gasteiger partial charge in [-0.25, -0.2) is 0 Å². The molecule has 4 N–H and O–H groups in total. The maximum absolute atomic E-state index is 11.8. The van der Waals surface area contributed by atoms with Crippen molar-refractivity contribution in [2.45, 2.75) is 32.9 Å². The molecule has 1 amide bonds. The molecule has 0 saturated heterocycles. The molecule has 1 aromatic heterocycles. The fourth-order valence-corrected chi connectivity index (χ4v) is 1.61. The van der Waals surface area contributed by atoms with Crippen molar-refractivity contribution in [2.75, 3.05) is 5.32 Å². The second-order valence-electron chi connectivity index (χ2n) is 4.31. The van der Waals surface area contributed by atoms with Crippen LogP contribution in [0.15, 0.2) is 18.5 Å². The van der Waals surface area contributed by atoms with Gasteiger partial charge >= 0.3 is 0 Å². The van der Waals surface area contributed by atoms with E-state index in [1.807, 2.05) is 13.8 Å². The molecule has 1 heterocycles. The van der Waals surface area contributed by atoms with E-state index >= 15 is 0 Å². The topological polar surface area (TPSA) is 80.0 Å². The molecule has 1 aromatic rings. The summed E-state index contributed by atoms with van der Waals surface area (Å²) in [5, 5.41) is 5.88. The lowest BCUT2D eigenvalue weighted by molar-refractivity contribution is -0.122. The van der Waals surface area contributed by atoms with E-state index in [0.29, 0.717) is 11.3 Å². The normalized spacial score (nSPS) is 12.0. The highest BCUT2D eigenvalue weighted by atomic mass is 32.1. The summed E-state index contributed by atoms with van der Waals surface area (Å²) in [7, 11) is 0. The number of carbonyl (C=O) groups excluding carboxylic acids is 1. The fraction of sp³-hybridized carbons (Fsp3) is 0.417. The van der Waals surface area contributed by atoms with Crippen molar-refractivity contribution in [3.8, 4) is 0 Å². The fourth-order valence-electron chi connectivity index (χ4n) is 1.43. The van der Waals surface area contributed by atoms with Crippen LogP contribution < -0.4 is 16.4 Å². The predicted octanol–water partition coefficient (Wildman–Crippen LogP) is 1.04. The summed E-state index contributed by atoms with van der Waals surface area (Å²) in [4.78, 5) is 16.0. The molecule has 18 heavy (non-hydrogen) atoms. The van der Waals surface area contributed by atoms with Gasteiger partial charge in [-0.05, 0) is 26.8 Å². The number of nitrogens with one attached hydrogen (secondary N) is 2. The predicted molar refractivity (Wildman–Crippen MR) is 76.5 cm³/mol. The number of nitrogens with zero attached hydrogens (tertiary/aromatic N) is 1. The summed E-state index contributed by atoms with van der Waals surface area (Å²) < 4.78 is 0. The molecule has 0 aromatic carbocycles. The van der Waals surface area contributed by atoms with Crippen LogP contribution in [0.4, 0.5) is 5.69 Å². The van der Waals surface area contributed by atoms with Crippen molar-refractivity contribution in [1.29, 1.82) is 0 Å². The van der Waals surface area contributed by atoms with Crippen LogP contribution in [0.25, 0.3) is 0 Å². The zero-order valence-corrected chi connectivity index (χ0v) is 11.5.